The van der Waals surface area contributed by atoms with Gasteiger partial charge in [-0.05, 0) is 31.4 Å². The Morgan fingerprint density at radius 1 is 1.36 bits per heavy atom. The number of aryl methyl sites for hydroxylation is 1. The molecular formula is C20H25N5O3. The summed E-state index contributed by atoms with van der Waals surface area (Å²) in [6.07, 6.45) is 5.24. The predicted octanol–water partition coefficient (Wildman–Crippen LogP) is 2.20. The van der Waals surface area contributed by atoms with E-state index in [1.54, 1.807) is 19.2 Å². The number of rotatable bonds is 6. The first-order valence-corrected chi connectivity index (χ1v) is 9.81. The van der Waals surface area contributed by atoms with Crippen molar-refractivity contribution in [2.75, 3.05) is 7.11 Å². The SMILES string of the molecule is CCc1cc(C(=O)NCc2cc3c(nc2OC)CN(C2CCCC2)C3=O)n[nH]1. The van der Waals surface area contributed by atoms with E-state index in [-0.39, 0.29) is 18.4 Å². The maximum Gasteiger partial charge on any atom is 0.272 e. The van der Waals surface area contributed by atoms with Gasteiger partial charge < -0.3 is 15.0 Å². The van der Waals surface area contributed by atoms with Gasteiger partial charge in [-0.3, -0.25) is 14.7 Å². The van der Waals surface area contributed by atoms with Gasteiger partial charge in [-0.15, -0.1) is 0 Å². The van der Waals surface area contributed by atoms with Crippen molar-refractivity contribution in [1.29, 1.82) is 0 Å². The molecule has 1 fully saturated rings. The van der Waals surface area contributed by atoms with Gasteiger partial charge in [-0.25, -0.2) is 4.98 Å². The predicted molar refractivity (Wildman–Crippen MR) is 102 cm³/mol. The number of hydrogen-bond donors (Lipinski definition) is 2. The first-order chi connectivity index (χ1) is 13.6. The Bertz CT molecular complexity index is 901. The van der Waals surface area contributed by atoms with Gasteiger partial charge >= 0.3 is 0 Å². The molecule has 0 saturated heterocycles. The summed E-state index contributed by atoms with van der Waals surface area (Å²) in [7, 11) is 1.55. The van der Waals surface area contributed by atoms with Crippen molar-refractivity contribution in [1.82, 2.24) is 25.4 Å². The van der Waals surface area contributed by atoms with Crippen LogP contribution in [-0.2, 0) is 19.5 Å². The maximum atomic E-state index is 12.9. The van der Waals surface area contributed by atoms with Crippen LogP contribution in [0.3, 0.4) is 0 Å². The van der Waals surface area contributed by atoms with Gasteiger partial charge in [0.15, 0.2) is 0 Å². The molecule has 28 heavy (non-hydrogen) atoms. The summed E-state index contributed by atoms with van der Waals surface area (Å²) in [6, 6.07) is 3.85. The number of fused-ring (bicyclic) bond motifs is 1. The fraction of sp³-hybridized carbons (Fsp3) is 0.500. The van der Waals surface area contributed by atoms with Crippen LogP contribution in [0.2, 0.25) is 0 Å². The minimum atomic E-state index is -0.280. The molecule has 4 rings (SSSR count). The van der Waals surface area contributed by atoms with E-state index in [0.717, 1.165) is 30.7 Å². The van der Waals surface area contributed by atoms with Gasteiger partial charge in [0.25, 0.3) is 11.8 Å². The first kappa shape index (κ1) is 18.5. The standard InChI is InChI=1S/C20H25N5O3/c1-3-13-9-16(24-23-13)18(26)21-10-12-8-15-17(22-19(12)28-2)11-25(20(15)27)14-6-4-5-7-14/h8-9,14H,3-7,10-11H2,1-2H3,(H,21,26)(H,23,24). The van der Waals surface area contributed by atoms with E-state index in [0.29, 0.717) is 35.3 Å². The van der Waals surface area contributed by atoms with Gasteiger partial charge in [0.2, 0.25) is 5.88 Å². The molecule has 2 amide bonds. The van der Waals surface area contributed by atoms with Crippen LogP contribution >= 0.6 is 0 Å². The number of H-pyrrole nitrogens is 1. The van der Waals surface area contributed by atoms with Crippen LogP contribution in [0.4, 0.5) is 0 Å². The number of nitrogens with zero attached hydrogens (tertiary/aromatic N) is 3. The molecule has 8 nitrogen and oxygen atoms in total. The second-order valence-electron chi connectivity index (χ2n) is 7.34. The van der Waals surface area contributed by atoms with E-state index in [4.69, 9.17) is 4.74 Å². The van der Waals surface area contributed by atoms with E-state index in [9.17, 15) is 9.59 Å². The number of carbonyl (C=O) groups is 2. The highest BCUT2D eigenvalue weighted by Crippen LogP contribution is 2.33. The normalized spacial score (nSPS) is 16.5. The van der Waals surface area contributed by atoms with E-state index >= 15 is 0 Å². The summed E-state index contributed by atoms with van der Waals surface area (Å²) in [5, 5.41) is 9.68. The van der Waals surface area contributed by atoms with Crippen molar-refractivity contribution in [3.63, 3.8) is 0 Å². The number of methoxy groups -OCH3 is 1. The van der Waals surface area contributed by atoms with Crippen LogP contribution in [0.15, 0.2) is 12.1 Å². The Balaban J connectivity index is 1.50. The molecule has 0 unspecified atom stereocenters. The molecular weight excluding hydrogens is 358 g/mol. The van der Waals surface area contributed by atoms with Crippen molar-refractivity contribution in [3.05, 3.63) is 40.3 Å². The van der Waals surface area contributed by atoms with Crippen LogP contribution < -0.4 is 10.1 Å². The molecule has 2 aromatic rings. The van der Waals surface area contributed by atoms with E-state index in [1.165, 1.54) is 12.8 Å². The lowest BCUT2D eigenvalue weighted by Gasteiger charge is -2.22. The van der Waals surface area contributed by atoms with Gasteiger partial charge in [0.05, 0.1) is 24.9 Å². The van der Waals surface area contributed by atoms with Crippen molar-refractivity contribution in [2.24, 2.45) is 0 Å². The highest BCUT2D eigenvalue weighted by Gasteiger charge is 2.35. The molecule has 148 valence electrons. The van der Waals surface area contributed by atoms with Crippen molar-refractivity contribution in [3.8, 4) is 5.88 Å². The Morgan fingerprint density at radius 2 is 2.14 bits per heavy atom. The first-order valence-electron chi connectivity index (χ1n) is 9.81. The van der Waals surface area contributed by atoms with Crippen LogP contribution in [0, 0.1) is 0 Å². The number of amides is 2. The molecule has 0 spiro atoms. The molecule has 0 atom stereocenters. The van der Waals surface area contributed by atoms with Crippen molar-refractivity contribution in [2.45, 2.75) is 58.2 Å². The number of nitrogens with one attached hydrogen (secondary N) is 2. The molecule has 2 N–H and O–H groups in total. The Morgan fingerprint density at radius 3 is 2.82 bits per heavy atom. The second kappa shape index (κ2) is 7.61. The summed E-state index contributed by atoms with van der Waals surface area (Å²) in [6.45, 7) is 2.74. The van der Waals surface area contributed by atoms with Gasteiger partial charge in [0.1, 0.15) is 5.69 Å². The molecule has 2 aliphatic rings. The smallest absolute Gasteiger partial charge is 0.272 e. The monoisotopic (exact) mass is 383 g/mol. The summed E-state index contributed by atoms with van der Waals surface area (Å²) >= 11 is 0. The van der Waals surface area contributed by atoms with E-state index < -0.39 is 0 Å². The third-order valence-corrected chi connectivity index (χ3v) is 5.59. The van der Waals surface area contributed by atoms with Gasteiger partial charge in [-0.2, -0.15) is 5.10 Å². The molecule has 0 radical (unpaired) electrons. The fourth-order valence-electron chi connectivity index (χ4n) is 4.01. The molecule has 0 bridgehead atoms. The minimum Gasteiger partial charge on any atom is -0.481 e. The molecule has 1 aliphatic heterocycles. The third kappa shape index (κ3) is 3.34. The number of ether oxygens (including phenoxy) is 1. The van der Waals surface area contributed by atoms with Crippen LogP contribution in [0.25, 0.3) is 0 Å². The average molecular weight is 383 g/mol. The highest BCUT2D eigenvalue weighted by molar-refractivity contribution is 5.98. The Labute approximate surface area is 163 Å². The lowest BCUT2D eigenvalue weighted by Crippen LogP contribution is -2.33. The number of pyridine rings is 1. The lowest BCUT2D eigenvalue weighted by molar-refractivity contribution is 0.0706. The molecule has 0 aromatic carbocycles. The summed E-state index contributed by atoms with van der Waals surface area (Å²) in [5.41, 5.74) is 3.30. The highest BCUT2D eigenvalue weighted by atomic mass is 16.5. The number of aromatic nitrogens is 3. The molecule has 3 heterocycles. The number of aromatic amines is 1. The maximum absolute atomic E-state index is 12.9. The van der Waals surface area contributed by atoms with Crippen LogP contribution in [0.1, 0.15) is 70.4 Å². The molecule has 1 saturated carbocycles. The summed E-state index contributed by atoms with van der Waals surface area (Å²) in [5.74, 6) is 0.193. The lowest BCUT2D eigenvalue weighted by atomic mass is 10.1. The van der Waals surface area contributed by atoms with Crippen LogP contribution in [0.5, 0.6) is 5.88 Å². The average Bonchev–Trinajstić information content (AvgIpc) is 3.45. The summed E-state index contributed by atoms with van der Waals surface area (Å²) < 4.78 is 5.41. The fourth-order valence-corrected chi connectivity index (χ4v) is 4.01. The van der Waals surface area contributed by atoms with Crippen molar-refractivity contribution >= 4 is 11.8 Å². The largest absolute Gasteiger partial charge is 0.481 e. The zero-order valence-electron chi connectivity index (χ0n) is 16.2. The molecule has 2 aromatic heterocycles. The minimum absolute atomic E-state index is 0.0320. The number of carbonyl (C=O) groups excluding carboxylic acids is 2. The van der Waals surface area contributed by atoms with Gasteiger partial charge in [0, 0.05) is 23.8 Å². The Kier molecular flexibility index (Phi) is 5.02. The molecule has 1 aliphatic carbocycles. The Hall–Kier alpha value is -2.90. The third-order valence-electron chi connectivity index (χ3n) is 5.59. The van der Waals surface area contributed by atoms with Gasteiger partial charge in [-0.1, -0.05) is 19.8 Å². The zero-order valence-corrected chi connectivity index (χ0v) is 16.2. The van der Waals surface area contributed by atoms with Crippen molar-refractivity contribution < 1.29 is 14.3 Å². The quantitative estimate of drug-likeness (QED) is 0.797. The zero-order chi connectivity index (χ0) is 19.7. The van der Waals surface area contributed by atoms with Crippen LogP contribution in [-0.4, -0.2) is 45.0 Å². The molecule has 8 heteroatoms. The van der Waals surface area contributed by atoms with E-state index in [2.05, 4.69) is 20.5 Å². The number of hydrogen-bond acceptors (Lipinski definition) is 5. The van der Waals surface area contributed by atoms with E-state index in [1.807, 2.05) is 11.8 Å². The second-order valence-corrected chi connectivity index (χ2v) is 7.34. The topological polar surface area (TPSA) is 100 Å². The summed E-state index contributed by atoms with van der Waals surface area (Å²) in [4.78, 5) is 31.7.